The number of carboxylic acids is 1. The van der Waals surface area contributed by atoms with Gasteiger partial charge in [0.1, 0.15) is 13.2 Å². The summed E-state index contributed by atoms with van der Waals surface area (Å²) in [5.74, 6) is -0.552. The fraction of sp³-hybridized carbons (Fsp3) is 0.467. The number of nitrogens with one attached hydrogen (secondary N) is 1. The molecule has 2 rings (SSSR count). The molecule has 1 atom stereocenters. The van der Waals surface area contributed by atoms with Crippen LogP contribution in [0.4, 0.5) is 0 Å². The van der Waals surface area contributed by atoms with Gasteiger partial charge in [0.25, 0.3) is 5.91 Å². The van der Waals surface area contributed by atoms with Gasteiger partial charge in [0.15, 0.2) is 11.5 Å². The first-order chi connectivity index (χ1) is 9.97. The summed E-state index contributed by atoms with van der Waals surface area (Å²) < 4.78 is 10.8. The second kappa shape index (κ2) is 6.47. The molecule has 0 spiro atoms. The summed E-state index contributed by atoms with van der Waals surface area (Å²) in [5, 5.41) is 13.5. The zero-order valence-corrected chi connectivity index (χ0v) is 12.0. The van der Waals surface area contributed by atoms with Crippen molar-refractivity contribution in [1.29, 1.82) is 0 Å². The van der Waals surface area contributed by atoms with Gasteiger partial charge >= 0.3 is 0 Å². The SMILES string of the molecule is CC(C)C[C@@H](NC(=O)c1ccc2c(c1)OCCO2)C(=O)[O-]. The third kappa shape index (κ3) is 3.87. The smallest absolute Gasteiger partial charge is 0.251 e. The van der Waals surface area contributed by atoms with E-state index in [4.69, 9.17) is 9.47 Å². The van der Waals surface area contributed by atoms with Gasteiger partial charge in [-0.15, -0.1) is 0 Å². The van der Waals surface area contributed by atoms with Gasteiger partial charge in [-0.1, -0.05) is 13.8 Å². The normalized spacial score (nSPS) is 14.6. The number of ether oxygens (including phenoxy) is 2. The van der Waals surface area contributed by atoms with Crippen LogP contribution in [0.25, 0.3) is 0 Å². The van der Waals surface area contributed by atoms with E-state index in [9.17, 15) is 14.7 Å². The lowest BCUT2D eigenvalue weighted by molar-refractivity contribution is -0.308. The van der Waals surface area contributed by atoms with E-state index in [1.807, 2.05) is 13.8 Å². The van der Waals surface area contributed by atoms with Crippen molar-refractivity contribution >= 4 is 11.9 Å². The van der Waals surface area contributed by atoms with Gasteiger partial charge in [-0.25, -0.2) is 0 Å². The standard InChI is InChI=1S/C15H19NO5/c1-9(2)7-11(15(18)19)16-14(17)10-3-4-12-13(8-10)21-6-5-20-12/h3-4,8-9,11H,5-7H2,1-2H3,(H,16,17)(H,18,19)/p-1/t11-/m1/s1. The van der Waals surface area contributed by atoms with E-state index >= 15 is 0 Å². The average molecular weight is 292 g/mol. The summed E-state index contributed by atoms with van der Waals surface area (Å²) >= 11 is 0. The predicted molar refractivity (Wildman–Crippen MR) is 73.1 cm³/mol. The van der Waals surface area contributed by atoms with Crippen molar-refractivity contribution in [3.8, 4) is 11.5 Å². The lowest BCUT2D eigenvalue weighted by Crippen LogP contribution is -2.48. The van der Waals surface area contributed by atoms with Gasteiger partial charge in [-0.2, -0.15) is 0 Å². The number of carbonyl (C=O) groups is 2. The van der Waals surface area contributed by atoms with Gasteiger partial charge in [-0.05, 0) is 30.5 Å². The van der Waals surface area contributed by atoms with Crippen molar-refractivity contribution in [2.75, 3.05) is 13.2 Å². The van der Waals surface area contributed by atoms with Crippen molar-refractivity contribution in [1.82, 2.24) is 5.32 Å². The molecule has 0 saturated carbocycles. The Labute approximate surface area is 123 Å². The monoisotopic (exact) mass is 292 g/mol. The quantitative estimate of drug-likeness (QED) is 0.846. The largest absolute Gasteiger partial charge is 0.548 e. The van der Waals surface area contributed by atoms with Crippen molar-refractivity contribution < 1.29 is 24.2 Å². The highest BCUT2D eigenvalue weighted by molar-refractivity contribution is 5.97. The molecule has 1 aliphatic rings. The van der Waals surface area contributed by atoms with Gasteiger partial charge < -0.3 is 24.7 Å². The molecule has 6 heteroatoms. The molecule has 0 aromatic heterocycles. The maximum absolute atomic E-state index is 12.1. The second-order valence-corrected chi connectivity index (χ2v) is 5.33. The van der Waals surface area contributed by atoms with Crippen LogP contribution in [0.15, 0.2) is 18.2 Å². The maximum atomic E-state index is 12.1. The highest BCUT2D eigenvalue weighted by Crippen LogP contribution is 2.30. The van der Waals surface area contributed by atoms with E-state index in [0.29, 0.717) is 36.7 Å². The average Bonchev–Trinajstić information content (AvgIpc) is 2.45. The summed E-state index contributed by atoms with van der Waals surface area (Å²) in [4.78, 5) is 23.2. The number of aliphatic carboxylic acids is 1. The first-order valence-electron chi connectivity index (χ1n) is 6.88. The van der Waals surface area contributed by atoms with Crippen LogP contribution >= 0.6 is 0 Å². The number of rotatable bonds is 5. The Balaban J connectivity index is 2.10. The van der Waals surface area contributed by atoms with Gasteiger partial charge in [0, 0.05) is 5.56 Å². The molecule has 0 saturated heterocycles. The molecule has 1 amide bonds. The molecule has 1 aromatic rings. The molecule has 6 nitrogen and oxygen atoms in total. The number of carbonyl (C=O) groups excluding carboxylic acids is 2. The molecule has 0 fully saturated rings. The van der Waals surface area contributed by atoms with E-state index in [2.05, 4.69) is 5.32 Å². The van der Waals surface area contributed by atoms with Crippen molar-refractivity contribution in [2.45, 2.75) is 26.3 Å². The first kappa shape index (κ1) is 15.2. The van der Waals surface area contributed by atoms with Crippen LogP contribution in [-0.2, 0) is 4.79 Å². The molecule has 1 N–H and O–H groups in total. The molecular weight excluding hydrogens is 274 g/mol. The van der Waals surface area contributed by atoms with E-state index < -0.39 is 17.9 Å². The summed E-state index contributed by atoms with van der Waals surface area (Å²) in [6, 6.07) is 3.75. The Morgan fingerprint density at radius 2 is 1.90 bits per heavy atom. The molecule has 114 valence electrons. The Kier molecular flexibility index (Phi) is 4.67. The molecule has 0 aliphatic carbocycles. The van der Waals surface area contributed by atoms with E-state index in [1.54, 1.807) is 18.2 Å². The number of carboxylic acid groups (broad SMARTS) is 1. The number of benzene rings is 1. The minimum Gasteiger partial charge on any atom is -0.548 e. The molecule has 0 bridgehead atoms. The lowest BCUT2D eigenvalue weighted by Gasteiger charge is -2.22. The second-order valence-electron chi connectivity index (χ2n) is 5.33. The highest BCUT2D eigenvalue weighted by Gasteiger charge is 2.19. The van der Waals surface area contributed by atoms with Gasteiger partial charge in [0.2, 0.25) is 0 Å². The zero-order chi connectivity index (χ0) is 15.4. The molecule has 1 heterocycles. The summed E-state index contributed by atoms with van der Waals surface area (Å²) in [5.41, 5.74) is 0.328. The van der Waals surface area contributed by atoms with Crippen molar-refractivity contribution in [3.05, 3.63) is 23.8 Å². The highest BCUT2D eigenvalue weighted by atomic mass is 16.6. The van der Waals surface area contributed by atoms with Crippen LogP contribution in [0, 0.1) is 5.92 Å². The van der Waals surface area contributed by atoms with Crippen molar-refractivity contribution in [2.24, 2.45) is 5.92 Å². The molecule has 0 unspecified atom stereocenters. The van der Waals surface area contributed by atoms with Crippen LogP contribution in [0.1, 0.15) is 30.6 Å². The maximum Gasteiger partial charge on any atom is 0.251 e. The van der Waals surface area contributed by atoms with Crippen LogP contribution < -0.4 is 19.9 Å². The molecule has 1 aromatic carbocycles. The summed E-state index contributed by atoms with van der Waals surface area (Å²) in [6.45, 7) is 4.66. The number of amides is 1. The topological polar surface area (TPSA) is 87.7 Å². The predicted octanol–water partition coefficient (Wildman–Crippen LogP) is 0.352. The Morgan fingerprint density at radius 3 is 2.52 bits per heavy atom. The summed E-state index contributed by atoms with van der Waals surface area (Å²) in [6.07, 6.45) is 0.318. The number of hydrogen-bond donors (Lipinski definition) is 1. The van der Waals surface area contributed by atoms with Crippen LogP contribution in [-0.4, -0.2) is 31.1 Å². The van der Waals surface area contributed by atoms with E-state index in [0.717, 1.165) is 0 Å². The Hall–Kier alpha value is -2.24. The molecule has 1 aliphatic heterocycles. The minimum atomic E-state index is -1.28. The number of hydrogen-bond acceptors (Lipinski definition) is 5. The lowest BCUT2D eigenvalue weighted by atomic mass is 10.0. The third-order valence-corrected chi connectivity index (χ3v) is 3.10. The van der Waals surface area contributed by atoms with Crippen LogP contribution in [0.5, 0.6) is 11.5 Å². The Morgan fingerprint density at radius 1 is 1.24 bits per heavy atom. The number of fused-ring (bicyclic) bond motifs is 1. The Bertz CT molecular complexity index is 541. The molecular formula is C15H18NO5-. The van der Waals surface area contributed by atoms with E-state index in [-0.39, 0.29) is 5.92 Å². The molecule has 21 heavy (non-hydrogen) atoms. The van der Waals surface area contributed by atoms with Gasteiger partial charge in [-0.3, -0.25) is 4.79 Å². The van der Waals surface area contributed by atoms with Crippen LogP contribution in [0.3, 0.4) is 0 Å². The first-order valence-corrected chi connectivity index (χ1v) is 6.88. The minimum absolute atomic E-state index is 0.133. The van der Waals surface area contributed by atoms with Crippen LogP contribution in [0.2, 0.25) is 0 Å². The van der Waals surface area contributed by atoms with E-state index in [1.165, 1.54) is 0 Å². The van der Waals surface area contributed by atoms with Crippen molar-refractivity contribution in [3.63, 3.8) is 0 Å². The summed E-state index contributed by atoms with van der Waals surface area (Å²) in [7, 11) is 0. The zero-order valence-electron chi connectivity index (χ0n) is 12.0. The fourth-order valence-electron chi connectivity index (χ4n) is 2.11. The van der Waals surface area contributed by atoms with Gasteiger partial charge in [0.05, 0.1) is 12.0 Å². The third-order valence-electron chi connectivity index (χ3n) is 3.10. The fourth-order valence-corrected chi connectivity index (χ4v) is 2.11. The molecule has 0 radical (unpaired) electrons.